The number of aliphatic imine (C=N–C) groups is 2. The summed E-state index contributed by atoms with van der Waals surface area (Å²) in [5, 5.41) is 0.777. The number of ether oxygens (including phenoxy) is 2. The van der Waals surface area contributed by atoms with Crippen molar-refractivity contribution in [1.82, 2.24) is 4.90 Å². The molecule has 4 heterocycles. The third kappa shape index (κ3) is 4.66. The topological polar surface area (TPSA) is 46.4 Å². The van der Waals surface area contributed by atoms with E-state index in [9.17, 15) is 13.2 Å². The highest BCUT2D eigenvalue weighted by molar-refractivity contribution is 6.30. The summed E-state index contributed by atoms with van der Waals surface area (Å²) in [6.07, 6.45) is 5.78. The highest BCUT2D eigenvalue weighted by atomic mass is 35.5. The summed E-state index contributed by atoms with van der Waals surface area (Å²) in [6, 6.07) is 6.17. The van der Waals surface area contributed by atoms with Crippen LogP contribution in [-0.4, -0.2) is 53.5 Å². The average molecular weight is 536 g/mol. The quantitative estimate of drug-likeness (QED) is 0.427. The molecule has 1 aromatic carbocycles. The first kappa shape index (κ1) is 26.4. The van der Waals surface area contributed by atoms with Crippen LogP contribution in [0.5, 0.6) is 5.75 Å². The van der Waals surface area contributed by atoms with Gasteiger partial charge in [0.15, 0.2) is 0 Å². The minimum absolute atomic E-state index is 0.164. The number of fused-ring (bicyclic) bond motifs is 2. The van der Waals surface area contributed by atoms with E-state index in [-0.39, 0.29) is 22.8 Å². The molecule has 4 aliphatic heterocycles. The van der Waals surface area contributed by atoms with Crippen LogP contribution in [0, 0.1) is 5.41 Å². The fraction of sp³-hybridized carbons (Fsp3) is 0.571. The highest BCUT2D eigenvalue weighted by Gasteiger charge is 2.64. The van der Waals surface area contributed by atoms with Gasteiger partial charge in [-0.1, -0.05) is 36.7 Å². The molecule has 5 nitrogen and oxygen atoms in total. The first-order valence-electron chi connectivity index (χ1n) is 12.7. The standard InChI is InChI=1S/C28H33ClF3N3O2/c1-24(2,19-6-8-21(9-7-19)36-28(30,31)32)35-16-12-27(13-17-35)22-25(3,11-5-14-33-22)23(37-27)26(4)18-20(29)10-15-34-26/h5-10,14-15,23H,11-13,16-18H2,1-4H3. The Morgan fingerprint density at radius 2 is 1.78 bits per heavy atom. The third-order valence-electron chi connectivity index (χ3n) is 8.62. The smallest absolute Gasteiger partial charge is 0.406 e. The molecule has 0 radical (unpaired) electrons. The van der Waals surface area contributed by atoms with E-state index in [2.05, 4.69) is 43.4 Å². The van der Waals surface area contributed by atoms with Crippen LogP contribution >= 0.6 is 11.6 Å². The second-order valence-corrected chi connectivity index (χ2v) is 12.0. The van der Waals surface area contributed by atoms with Crippen molar-refractivity contribution in [2.75, 3.05) is 13.1 Å². The number of hydrogen-bond donors (Lipinski definition) is 0. The lowest BCUT2D eigenvalue weighted by molar-refractivity contribution is -0.274. The van der Waals surface area contributed by atoms with Crippen molar-refractivity contribution < 1.29 is 22.6 Å². The first-order valence-corrected chi connectivity index (χ1v) is 13.1. The third-order valence-corrected chi connectivity index (χ3v) is 8.88. The first-order chi connectivity index (χ1) is 17.3. The lowest BCUT2D eigenvalue weighted by Gasteiger charge is -2.47. The maximum atomic E-state index is 12.6. The fourth-order valence-corrected chi connectivity index (χ4v) is 7.01. The molecule has 37 heavy (non-hydrogen) atoms. The number of hydrogen-bond acceptors (Lipinski definition) is 5. The highest BCUT2D eigenvalue weighted by Crippen LogP contribution is 2.55. The minimum atomic E-state index is -4.70. The van der Waals surface area contributed by atoms with E-state index in [4.69, 9.17) is 26.3 Å². The van der Waals surface area contributed by atoms with Gasteiger partial charge in [0.2, 0.25) is 0 Å². The number of alkyl halides is 3. The largest absolute Gasteiger partial charge is 0.573 e. The molecule has 2 fully saturated rings. The molecule has 0 bridgehead atoms. The van der Waals surface area contributed by atoms with Gasteiger partial charge in [-0.2, -0.15) is 0 Å². The van der Waals surface area contributed by atoms with E-state index in [1.807, 2.05) is 12.3 Å². The molecule has 200 valence electrons. The van der Waals surface area contributed by atoms with Gasteiger partial charge in [-0.3, -0.25) is 14.9 Å². The van der Waals surface area contributed by atoms with Crippen LogP contribution in [0.4, 0.5) is 13.2 Å². The van der Waals surface area contributed by atoms with Gasteiger partial charge in [-0.25, -0.2) is 0 Å². The summed E-state index contributed by atoms with van der Waals surface area (Å²) in [7, 11) is 0. The molecule has 0 amide bonds. The maximum Gasteiger partial charge on any atom is 0.573 e. The number of halogens is 4. The van der Waals surface area contributed by atoms with Crippen LogP contribution in [-0.2, 0) is 10.3 Å². The van der Waals surface area contributed by atoms with Crippen LogP contribution in [0.3, 0.4) is 0 Å². The van der Waals surface area contributed by atoms with Gasteiger partial charge in [-0.15, -0.1) is 13.2 Å². The Kier molecular flexibility index (Phi) is 6.40. The Balaban J connectivity index is 1.36. The molecule has 1 aromatic rings. The Morgan fingerprint density at radius 3 is 2.41 bits per heavy atom. The number of rotatable bonds is 4. The summed E-state index contributed by atoms with van der Waals surface area (Å²) in [6.45, 7) is 10.1. The predicted molar refractivity (Wildman–Crippen MR) is 139 cm³/mol. The molecule has 3 atom stereocenters. The summed E-state index contributed by atoms with van der Waals surface area (Å²) in [5.74, 6) is -0.216. The lowest BCUT2D eigenvalue weighted by atomic mass is 9.66. The zero-order chi connectivity index (χ0) is 26.7. The summed E-state index contributed by atoms with van der Waals surface area (Å²) >= 11 is 6.45. The van der Waals surface area contributed by atoms with Crippen molar-refractivity contribution in [3.05, 3.63) is 53.2 Å². The lowest BCUT2D eigenvalue weighted by Crippen LogP contribution is -2.54. The Morgan fingerprint density at radius 1 is 1.11 bits per heavy atom. The second-order valence-electron chi connectivity index (χ2n) is 11.5. The average Bonchev–Trinajstić information content (AvgIpc) is 3.08. The van der Waals surface area contributed by atoms with Gasteiger partial charge in [0.05, 0.1) is 17.4 Å². The van der Waals surface area contributed by atoms with Gasteiger partial charge >= 0.3 is 6.36 Å². The second kappa shape index (κ2) is 8.95. The van der Waals surface area contributed by atoms with Crippen molar-refractivity contribution >= 4 is 23.5 Å². The molecular formula is C28H33ClF3N3O2. The van der Waals surface area contributed by atoms with E-state index < -0.39 is 17.5 Å². The number of dihydropyridines is 1. The van der Waals surface area contributed by atoms with Crippen LogP contribution in [0.15, 0.2) is 57.6 Å². The zero-order valence-corrected chi connectivity index (χ0v) is 22.4. The summed E-state index contributed by atoms with van der Waals surface area (Å²) in [4.78, 5) is 12.1. The van der Waals surface area contributed by atoms with Crippen molar-refractivity contribution in [2.45, 2.75) is 82.5 Å². The van der Waals surface area contributed by atoms with E-state index >= 15 is 0 Å². The molecule has 5 rings (SSSR count). The molecule has 0 aliphatic carbocycles. The minimum Gasteiger partial charge on any atom is -0.406 e. The fourth-order valence-electron chi connectivity index (χ4n) is 6.69. The van der Waals surface area contributed by atoms with Crippen LogP contribution in [0.25, 0.3) is 0 Å². The van der Waals surface area contributed by atoms with Crippen molar-refractivity contribution in [3.8, 4) is 5.75 Å². The van der Waals surface area contributed by atoms with Gasteiger partial charge < -0.3 is 9.47 Å². The van der Waals surface area contributed by atoms with Crippen molar-refractivity contribution in [1.29, 1.82) is 0 Å². The molecule has 0 aromatic heterocycles. The summed E-state index contributed by atoms with van der Waals surface area (Å²) in [5.41, 5.74) is 0.407. The van der Waals surface area contributed by atoms with Crippen molar-refractivity contribution in [3.63, 3.8) is 0 Å². The SMILES string of the molecule is CC1(C2OC3(CCN(C(C)(C)c4ccc(OC(F)(F)F)cc4)CC3)C3=NC=CCC32C)CC(Cl)=CC=N1. The van der Waals surface area contributed by atoms with Gasteiger partial charge in [0.1, 0.15) is 11.4 Å². The van der Waals surface area contributed by atoms with Crippen molar-refractivity contribution in [2.24, 2.45) is 15.4 Å². The van der Waals surface area contributed by atoms with Crippen LogP contribution in [0.2, 0.25) is 0 Å². The van der Waals surface area contributed by atoms with Gasteiger partial charge in [-0.05, 0) is 63.8 Å². The number of nitrogens with zero attached hydrogens (tertiary/aromatic N) is 3. The molecule has 9 heteroatoms. The van der Waals surface area contributed by atoms with E-state index in [0.717, 1.165) is 48.7 Å². The Bertz CT molecular complexity index is 1170. The number of benzene rings is 1. The summed E-state index contributed by atoms with van der Waals surface area (Å²) < 4.78 is 48.8. The van der Waals surface area contributed by atoms with E-state index in [0.29, 0.717) is 6.42 Å². The van der Waals surface area contributed by atoms with Crippen LogP contribution in [0.1, 0.15) is 58.9 Å². The van der Waals surface area contributed by atoms with Gasteiger partial charge in [0.25, 0.3) is 0 Å². The Hall–Kier alpha value is -2.16. The molecule has 2 saturated heterocycles. The van der Waals surface area contributed by atoms with E-state index in [1.54, 1.807) is 18.3 Å². The molecule has 1 spiro atoms. The number of piperidine rings is 1. The van der Waals surface area contributed by atoms with Crippen LogP contribution < -0.4 is 4.74 Å². The molecule has 3 unspecified atom stereocenters. The van der Waals surface area contributed by atoms with Gasteiger partial charge in [0, 0.05) is 47.9 Å². The molecular weight excluding hydrogens is 503 g/mol. The maximum absolute atomic E-state index is 12.6. The molecule has 4 aliphatic rings. The normalized spacial score (nSPS) is 31.7. The number of allylic oxidation sites excluding steroid dienone is 2. The zero-order valence-electron chi connectivity index (χ0n) is 21.6. The number of likely N-dealkylation sites (tertiary alicyclic amines) is 1. The van der Waals surface area contributed by atoms with E-state index in [1.165, 1.54) is 12.1 Å². The monoisotopic (exact) mass is 535 g/mol. The molecule has 0 N–H and O–H groups in total. The predicted octanol–water partition coefficient (Wildman–Crippen LogP) is 6.77. The Labute approximate surface area is 221 Å². The molecule has 0 saturated carbocycles.